The van der Waals surface area contributed by atoms with Crippen molar-refractivity contribution in [2.45, 2.75) is 180 Å². The highest BCUT2D eigenvalue weighted by Crippen LogP contribution is 2.14. The summed E-state index contributed by atoms with van der Waals surface area (Å²) in [5.74, 6) is -0.762. The Hall–Kier alpha value is -2.44. The number of aliphatic hydroxyl groups is 2. The number of hydrogen-bond acceptors (Lipinski definition) is 6. The van der Waals surface area contributed by atoms with Gasteiger partial charge in [-0.2, -0.15) is 0 Å². The summed E-state index contributed by atoms with van der Waals surface area (Å²) in [5.41, 5.74) is 0. The van der Waals surface area contributed by atoms with Crippen LogP contribution in [-0.4, -0.2) is 47.6 Å². The van der Waals surface area contributed by atoms with Crippen molar-refractivity contribution in [3.63, 3.8) is 0 Å². The lowest BCUT2D eigenvalue weighted by Gasteiger charge is -2.12. The van der Waals surface area contributed by atoms with Crippen LogP contribution in [0.25, 0.3) is 0 Å². The highest BCUT2D eigenvalue weighted by Gasteiger charge is 2.12. The van der Waals surface area contributed by atoms with E-state index in [4.69, 9.17) is 9.47 Å². The minimum absolute atomic E-state index is 0.153. The molecule has 0 radical (unpaired) electrons. The second-order valence-electron chi connectivity index (χ2n) is 12.9. The lowest BCUT2D eigenvalue weighted by atomic mass is 10.0. The Balaban J connectivity index is 3.63. The maximum absolute atomic E-state index is 12.0. The summed E-state index contributed by atoms with van der Waals surface area (Å²) in [6.45, 7) is 4.01. The molecular formula is C42H72O6. The van der Waals surface area contributed by atoms with E-state index in [1.54, 1.807) is 6.08 Å². The van der Waals surface area contributed by atoms with Crippen LogP contribution in [-0.2, 0) is 19.1 Å². The fraction of sp³-hybridized carbons (Fsp3) is 0.714. The average molecular weight is 673 g/mol. The maximum Gasteiger partial charge on any atom is 0.305 e. The normalized spacial score (nSPS) is 13.5. The van der Waals surface area contributed by atoms with E-state index in [9.17, 15) is 19.8 Å². The molecule has 48 heavy (non-hydrogen) atoms. The Morgan fingerprint density at radius 2 is 0.938 bits per heavy atom. The first kappa shape index (κ1) is 45.6. The summed E-state index contributed by atoms with van der Waals surface area (Å²) in [5, 5.41) is 20.1. The van der Waals surface area contributed by atoms with Crippen molar-refractivity contribution in [3.8, 4) is 0 Å². The highest BCUT2D eigenvalue weighted by molar-refractivity contribution is 5.69. The summed E-state index contributed by atoms with van der Waals surface area (Å²) in [6.07, 6.45) is 44.5. The monoisotopic (exact) mass is 673 g/mol. The third kappa shape index (κ3) is 36.4. The smallest absolute Gasteiger partial charge is 0.305 e. The molecule has 0 aliphatic carbocycles. The Labute approximate surface area is 294 Å². The van der Waals surface area contributed by atoms with Crippen LogP contribution in [0.4, 0.5) is 0 Å². The Morgan fingerprint density at radius 1 is 0.521 bits per heavy atom. The van der Waals surface area contributed by atoms with E-state index >= 15 is 0 Å². The molecule has 6 nitrogen and oxygen atoms in total. The van der Waals surface area contributed by atoms with Gasteiger partial charge in [-0.3, -0.25) is 9.59 Å². The molecule has 0 fully saturated rings. The van der Waals surface area contributed by atoms with Gasteiger partial charge < -0.3 is 19.7 Å². The zero-order valence-electron chi connectivity index (χ0n) is 30.8. The van der Waals surface area contributed by atoms with Crippen molar-refractivity contribution in [1.29, 1.82) is 0 Å². The van der Waals surface area contributed by atoms with E-state index < -0.39 is 18.2 Å². The van der Waals surface area contributed by atoms with E-state index in [2.05, 4.69) is 50.3 Å². The lowest BCUT2D eigenvalue weighted by Crippen LogP contribution is -2.25. The number of carbonyl (C=O) groups is 2. The molecule has 276 valence electrons. The van der Waals surface area contributed by atoms with E-state index in [1.807, 2.05) is 18.2 Å². The van der Waals surface area contributed by atoms with Crippen LogP contribution in [0.15, 0.2) is 60.8 Å². The predicted molar refractivity (Wildman–Crippen MR) is 202 cm³/mol. The molecule has 0 aliphatic heterocycles. The van der Waals surface area contributed by atoms with Gasteiger partial charge in [0.05, 0.1) is 6.10 Å². The molecule has 0 aliphatic rings. The molecule has 0 heterocycles. The van der Waals surface area contributed by atoms with E-state index in [0.29, 0.717) is 19.3 Å². The third-order valence-corrected chi connectivity index (χ3v) is 8.12. The molecule has 1 unspecified atom stereocenters. The first-order chi connectivity index (χ1) is 23.5. The van der Waals surface area contributed by atoms with Gasteiger partial charge in [0.15, 0.2) is 0 Å². The number of carbonyl (C=O) groups excluding carboxylic acids is 2. The van der Waals surface area contributed by atoms with Crippen LogP contribution >= 0.6 is 0 Å². The molecule has 0 rings (SSSR count). The first-order valence-electron chi connectivity index (χ1n) is 19.4. The third-order valence-electron chi connectivity index (χ3n) is 8.12. The predicted octanol–water partition coefficient (Wildman–Crippen LogP) is 11.0. The zero-order valence-corrected chi connectivity index (χ0v) is 30.8. The molecule has 0 aromatic heterocycles. The molecule has 0 spiro atoms. The maximum atomic E-state index is 12.0. The minimum atomic E-state index is -1.04. The average Bonchev–Trinajstić information content (AvgIpc) is 3.08. The fourth-order valence-corrected chi connectivity index (χ4v) is 5.17. The molecule has 2 atom stereocenters. The van der Waals surface area contributed by atoms with Crippen LogP contribution < -0.4 is 0 Å². The number of allylic oxidation sites excluding steroid dienone is 9. The molecule has 2 N–H and O–H groups in total. The Morgan fingerprint density at radius 3 is 1.42 bits per heavy atom. The lowest BCUT2D eigenvalue weighted by molar-refractivity contribution is -0.152. The number of esters is 2. The summed E-state index contributed by atoms with van der Waals surface area (Å²) in [7, 11) is 0. The molecule has 0 amide bonds. The first-order valence-corrected chi connectivity index (χ1v) is 19.4. The molecule has 0 aromatic carbocycles. The zero-order chi connectivity index (χ0) is 35.2. The number of unbranched alkanes of at least 4 members (excludes halogenated alkanes) is 15. The van der Waals surface area contributed by atoms with Crippen LogP contribution in [0, 0.1) is 0 Å². The quantitative estimate of drug-likeness (QED) is 0.0306. The number of rotatable bonds is 34. The molecule has 6 heteroatoms. The molecule has 0 aromatic rings. The Kier molecular flexibility index (Phi) is 35.5. The molecule has 0 bridgehead atoms. The summed E-state index contributed by atoms with van der Waals surface area (Å²) in [6, 6.07) is 0. The second kappa shape index (κ2) is 37.4. The van der Waals surface area contributed by atoms with Gasteiger partial charge >= 0.3 is 11.9 Å². The van der Waals surface area contributed by atoms with Gasteiger partial charge in [0, 0.05) is 12.8 Å². The van der Waals surface area contributed by atoms with E-state index in [1.165, 1.54) is 83.5 Å². The number of aliphatic hydroxyl groups excluding tert-OH is 2. The van der Waals surface area contributed by atoms with Gasteiger partial charge in [-0.15, -0.1) is 0 Å². The van der Waals surface area contributed by atoms with Crippen molar-refractivity contribution in [3.05, 3.63) is 60.8 Å². The van der Waals surface area contributed by atoms with Gasteiger partial charge in [-0.05, 0) is 44.9 Å². The summed E-state index contributed by atoms with van der Waals surface area (Å²) in [4.78, 5) is 23.9. The number of ether oxygens (including phenoxy) is 2. The van der Waals surface area contributed by atoms with E-state index in [-0.39, 0.29) is 25.6 Å². The van der Waals surface area contributed by atoms with Crippen molar-refractivity contribution >= 4 is 11.9 Å². The van der Waals surface area contributed by atoms with Gasteiger partial charge in [0.25, 0.3) is 0 Å². The van der Waals surface area contributed by atoms with Crippen molar-refractivity contribution < 1.29 is 29.3 Å². The van der Waals surface area contributed by atoms with Crippen LogP contribution in [0.1, 0.15) is 168 Å². The van der Waals surface area contributed by atoms with Gasteiger partial charge in [-0.25, -0.2) is 0 Å². The van der Waals surface area contributed by atoms with E-state index in [0.717, 1.165) is 44.9 Å². The fourth-order valence-electron chi connectivity index (χ4n) is 5.17. The standard InChI is InChI=1S/C42H72O6/c1-3-5-7-9-11-13-15-17-18-19-21-23-25-27-29-31-35-41(45)47-37-40(44)38-48-42(46)36-32-34-39(43)33-30-28-26-24-22-20-16-14-12-10-8-6-4-2/h6,8,12,14,20,22,26,28,30,33,39-40,43-44H,3-5,7,9-11,13,15-19,21,23-25,27,29,31-32,34-38H2,1-2H3/b8-6-,14-12-,22-20-,28-26-,33-30+/t39?,40-/m0/s1. The van der Waals surface area contributed by atoms with Crippen LogP contribution in [0.3, 0.4) is 0 Å². The van der Waals surface area contributed by atoms with Gasteiger partial charge in [0.2, 0.25) is 0 Å². The molecule has 0 saturated carbocycles. The van der Waals surface area contributed by atoms with Crippen LogP contribution in [0.5, 0.6) is 0 Å². The molecule has 0 saturated heterocycles. The minimum Gasteiger partial charge on any atom is -0.463 e. The highest BCUT2D eigenvalue weighted by atomic mass is 16.6. The van der Waals surface area contributed by atoms with Crippen molar-refractivity contribution in [2.24, 2.45) is 0 Å². The van der Waals surface area contributed by atoms with Gasteiger partial charge in [0.1, 0.15) is 19.3 Å². The Bertz CT molecular complexity index is 871. The van der Waals surface area contributed by atoms with Crippen LogP contribution in [0.2, 0.25) is 0 Å². The van der Waals surface area contributed by atoms with Crippen molar-refractivity contribution in [1.82, 2.24) is 0 Å². The van der Waals surface area contributed by atoms with Gasteiger partial charge in [-0.1, -0.05) is 171 Å². The topological polar surface area (TPSA) is 93.1 Å². The second-order valence-corrected chi connectivity index (χ2v) is 12.9. The SMILES string of the molecule is CC/C=C\C/C=C\C/C=C\C/C=C\C=C\C(O)CCCC(=O)OC[C@@H](O)COC(=O)CCCCCCCCCCCCCCCCCC. The summed E-state index contributed by atoms with van der Waals surface area (Å²) >= 11 is 0. The van der Waals surface area contributed by atoms with Crippen molar-refractivity contribution in [2.75, 3.05) is 13.2 Å². The summed E-state index contributed by atoms with van der Waals surface area (Å²) < 4.78 is 10.2. The largest absolute Gasteiger partial charge is 0.463 e. The molecular weight excluding hydrogens is 600 g/mol. The number of hydrogen-bond donors (Lipinski definition) is 2.